The van der Waals surface area contributed by atoms with Gasteiger partial charge in [-0.3, -0.25) is 4.31 Å². The van der Waals surface area contributed by atoms with Crippen molar-refractivity contribution in [1.29, 1.82) is 0 Å². The van der Waals surface area contributed by atoms with Crippen LogP contribution in [-0.4, -0.2) is 26.0 Å². The quantitative estimate of drug-likeness (QED) is 0.921. The van der Waals surface area contributed by atoms with Gasteiger partial charge in [0, 0.05) is 6.54 Å². The van der Waals surface area contributed by atoms with E-state index in [0.29, 0.717) is 18.7 Å². The average molecular weight is 352 g/mol. The Morgan fingerprint density at radius 3 is 2.65 bits per heavy atom. The highest BCUT2D eigenvalue weighted by Gasteiger charge is 2.31. The number of fused-ring (bicyclic) bond motifs is 1. The molecular formula is C16H14ClNO4S. The van der Waals surface area contributed by atoms with Crippen molar-refractivity contribution in [1.82, 2.24) is 0 Å². The van der Waals surface area contributed by atoms with Crippen molar-refractivity contribution in [2.24, 2.45) is 0 Å². The van der Waals surface area contributed by atoms with Gasteiger partial charge in [0.15, 0.2) is 0 Å². The Hall–Kier alpha value is -2.05. The van der Waals surface area contributed by atoms with E-state index >= 15 is 0 Å². The minimum absolute atomic E-state index is 0.0121. The van der Waals surface area contributed by atoms with Crippen LogP contribution in [0.1, 0.15) is 22.3 Å². The molecule has 0 amide bonds. The molecular weight excluding hydrogens is 338 g/mol. The van der Waals surface area contributed by atoms with Gasteiger partial charge in [0.25, 0.3) is 10.0 Å². The molecule has 0 bridgehead atoms. The highest BCUT2D eigenvalue weighted by atomic mass is 35.5. The summed E-state index contributed by atoms with van der Waals surface area (Å²) in [5.74, 6) is -1.20. The molecule has 1 heterocycles. The van der Waals surface area contributed by atoms with Crippen molar-refractivity contribution >= 4 is 33.3 Å². The maximum atomic E-state index is 13.0. The van der Waals surface area contributed by atoms with Crippen molar-refractivity contribution in [3.63, 3.8) is 0 Å². The van der Waals surface area contributed by atoms with Crippen molar-refractivity contribution in [2.75, 3.05) is 10.8 Å². The third kappa shape index (κ3) is 2.80. The Bertz CT molecular complexity index is 879. The number of aromatic carboxylic acids is 1. The van der Waals surface area contributed by atoms with E-state index in [2.05, 4.69) is 0 Å². The molecule has 0 saturated heterocycles. The molecule has 0 aliphatic carbocycles. The van der Waals surface area contributed by atoms with E-state index in [1.54, 1.807) is 12.1 Å². The standard InChI is InChI=1S/C16H14ClNO4S/c17-13-8-7-12(16(19)20)10-15(13)23(21,22)18-9-3-5-11-4-1-2-6-14(11)18/h1-2,4,6-8,10H,3,5,9H2,(H,19,20). The molecule has 0 atom stereocenters. The minimum Gasteiger partial charge on any atom is -0.478 e. The molecule has 0 radical (unpaired) electrons. The molecule has 0 unspecified atom stereocenters. The van der Waals surface area contributed by atoms with Gasteiger partial charge in [-0.25, -0.2) is 13.2 Å². The van der Waals surface area contributed by atoms with Crippen LogP contribution in [0.4, 0.5) is 5.69 Å². The summed E-state index contributed by atoms with van der Waals surface area (Å²) in [5, 5.41) is 9.09. The predicted molar refractivity (Wildman–Crippen MR) is 87.7 cm³/mol. The summed E-state index contributed by atoms with van der Waals surface area (Å²) in [6, 6.07) is 11.0. The molecule has 2 aromatic carbocycles. The van der Waals surface area contributed by atoms with Gasteiger partial charge in [-0.2, -0.15) is 0 Å². The van der Waals surface area contributed by atoms with E-state index in [1.165, 1.54) is 16.4 Å². The molecule has 2 aromatic rings. The number of carboxylic acid groups (broad SMARTS) is 1. The molecule has 0 saturated carbocycles. The predicted octanol–water partition coefficient (Wildman–Crippen LogP) is 3.18. The molecule has 3 rings (SSSR count). The number of hydrogen-bond donors (Lipinski definition) is 1. The smallest absolute Gasteiger partial charge is 0.335 e. The number of nitrogens with zero attached hydrogens (tertiary/aromatic N) is 1. The zero-order chi connectivity index (χ0) is 16.6. The summed E-state index contributed by atoms with van der Waals surface area (Å²) in [7, 11) is -3.92. The topological polar surface area (TPSA) is 74.7 Å². The second-order valence-electron chi connectivity index (χ2n) is 5.26. The lowest BCUT2D eigenvalue weighted by Gasteiger charge is -2.30. The van der Waals surface area contributed by atoms with E-state index in [4.69, 9.17) is 16.7 Å². The lowest BCUT2D eigenvalue weighted by molar-refractivity contribution is 0.0696. The van der Waals surface area contributed by atoms with Crippen LogP contribution in [0.5, 0.6) is 0 Å². The molecule has 120 valence electrons. The van der Waals surface area contributed by atoms with Crippen molar-refractivity contribution in [2.45, 2.75) is 17.7 Å². The molecule has 5 nitrogen and oxygen atoms in total. The van der Waals surface area contributed by atoms with Gasteiger partial charge in [0.05, 0.1) is 16.3 Å². The van der Waals surface area contributed by atoms with Gasteiger partial charge in [-0.15, -0.1) is 0 Å². The number of hydrogen-bond acceptors (Lipinski definition) is 3. The number of aryl methyl sites for hydroxylation is 1. The Morgan fingerprint density at radius 1 is 1.17 bits per heavy atom. The van der Waals surface area contributed by atoms with Crippen LogP contribution in [0.2, 0.25) is 5.02 Å². The largest absolute Gasteiger partial charge is 0.478 e. The monoisotopic (exact) mass is 351 g/mol. The molecule has 1 N–H and O–H groups in total. The van der Waals surface area contributed by atoms with Crippen LogP contribution in [0, 0.1) is 0 Å². The third-order valence-corrected chi connectivity index (χ3v) is 6.11. The van der Waals surface area contributed by atoms with E-state index in [-0.39, 0.29) is 15.5 Å². The summed E-state index contributed by atoms with van der Waals surface area (Å²) >= 11 is 6.03. The number of anilines is 1. The number of benzene rings is 2. The first kappa shape index (κ1) is 15.8. The first-order valence-electron chi connectivity index (χ1n) is 7.05. The second kappa shape index (κ2) is 5.86. The molecule has 0 spiro atoms. The Labute approximate surface area is 139 Å². The Kier molecular flexibility index (Phi) is 4.04. The van der Waals surface area contributed by atoms with Crippen molar-refractivity contribution in [3.05, 3.63) is 58.6 Å². The molecule has 1 aliphatic rings. The third-order valence-electron chi connectivity index (χ3n) is 3.81. The van der Waals surface area contributed by atoms with Crippen LogP contribution in [0.3, 0.4) is 0 Å². The maximum Gasteiger partial charge on any atom is 0.335 e. The summed E-state index contributed by atoms with van der Waals surface area (Å²) in [6.07, 6.45) is 1.51. The van der Waals surface area contributed by atoms with Crippen LogP contribution < -0.4 is 4.31 Å². The van der Waals surface area contributed by atoms with Crippen molar-refractivity contribution < 1.29 is 18.3 Å². The zero-order valence-corrected chi connectivity index (χ0v) is 13.6. The molecule has 0 fully saturated rings. The average Bonchev–Trinajstić information content (AvgIpc) is 2.54. The van der Waals surface area contributed by atoms with Gasteiger partial charge in [-0.1, -0.05) is 29.8 Å². The van der Waals surface area contributed by atoms with E-state index in [1.807, 2.05) is 12.1 Å². The number of rotatable bonds is 3. The van der Waals surface area contributed by atoms with Gasteiger partial charge in [0.1, 0.15) is 4.90 Å². The number of halogens is 1. The molecule has 23 heavy (non-hydrogen) atoms. The lowest BCUT2D eigenvalue weighted by Crippen LogP contribution is -2.35. The van der Waals surface area contributed by atoms with Gasteiger partial charge < -0.3 is 5.11 Å². The molecule has 1 aliphatic heterocycles. The van der Waals surface area contributed by atoms with Gasteiger partial charge in [-0.05, 0) is 42.7 Å². The number of sulfonamides is 1. The second-order valence-corrected chi connectivity index (χ2v) is 7.50. The van der Waals surface area contributed by atoms with E-state index in [0.717, 1.165) is 18.1 Å². The molecule has 0 aromatic heterocycles. The van der Waals surface area contributed by atoms with Gasteiger partial charge in [0.2, 0.25) is 0 Å². The van der Waals surface area contributed by atoms with Crippen LogP contribution in [0.25, 0.3) is 0 Å². The Balaban J connectivity index is 2.14. The van der Waals surface area contributed by atoms with Crippen molar-refractivity contribution in [3.8, 4) is 0 Å². The fourth-order valence-corrected chi connectivity index (χ4v) is 4.75. The highest BCUT2D eigenvalue weighted by Crippen LogP contribution is 2.34. The lowest BCUT2D eigenvalue weighted by atomic mass is 10.0. The minimum atomic E-state index is -3.92. The number of para-hydroxylation sites is 1. The van der Waals surface area contributed by atoms with Crippen LogP contribution in [-0.2, 0) is 16.4 Å². The van der Waals surface area contributed by atoms with E-state index in [9.17, 15) is 13.2 Å². The number of carbonyl (C=O) groups is 1. The first-order valence-corrected chi connectivity index (χ1v) is 8.86. The summed E-state index contributed by atoms with van der Waals surface area (Å²) in [5.41, 5.74) is 1.46. The van der Waals surface area contributed by atoms with Crippen LogP contribution >= 0.6 is 11.6 Å². The van der Waals surface area contributed by atoms with E-state index < -0.39 is 16.0 Å². The van der Waals surface area contributed by atoms with Crippen LogP contribution in [0.15, 0.2) is 47.4 Å². The summed E-state index contributed by atoms with van der Waals surface area (Å²) < 4.78 is 27.3. The highest BCUT2D eigenvalue weighted by molar-refractivity contribution is 7.93. The Morgan fingerprint density at radius 2 is 1.91 bits per heavy atom. The zero-order valence-electron chi connectivity index (χ0n) is 12.1. The number of carboxylic acids is 1. The maximum absolute atomic E-state index is 13.0. The normalized spacial score (nSPS) is 14.4. The first-order chi connectivity index (χ1) is 10.9. The fraction of sp³-hybridized carbons (Fsp3) is 0.188. The summed E-state index contributed by atoms with van der Waals surface area (Å²) in [6.45, 7) is 0.340. The fourth-order valence-electron chi connectivity index (χ4n) is 2.70. The summed E-state index contributed by atoms with van der Waals surface area (Å²) in [4.78, 5) is 10.9. The molecule has 7 heteroatoms. The SMILES string of the molecule is O=C(O)c1ccc(Cl)c(S(=O)(=O)N2CCCc3ccccc32)c1. The van der Waals surface area contributed by atoms with Gasteiger partial charge >= 0.3 is 5.97 Å².